The number of carbonyl (C=O) groups is 1. The topological polar surface area (TPSA) is 42.0 Å². The summed E-state index contributed by atoms with van der Waals surface area (Å²) in [6.07, 6.45) is 1.23. The molecule has 0 atom stereocenters. The largest absolute Gasteiger partial charge is 0.493 e. The van der Waals surface area contributed by atoms with E-state index in [1.54, 1.807) is 19.2 Å². The number of amides is 1. The Kier molecular flexibility index (Phi) is 7.58. The molecule has 0 N–H and O–H groups in total. The van der Waals surface area contributed by atoms with Crippen molar-refractivity contribution in [3.05, 3.63) is 89.7 Å². The smallest absolute Gasteiger partial charge is 0.227 e. The van der Waals surface area contributed by atoms with Crippen molar-refractivity contribution >= 4 is 5.91 Å². The number of halogens is 1. The zero-order chi connectivity index (χ0) is 23.0. The van der Waals surface area contributed by atoms with E-state index in [1.165, 1.54) is 12.1 Å². The fourth-order valence-electron chi connectivity index (χ4n) is 4.06. The summed E-state index contributed by atoms with van der Waals surface area (Å²) in [7, 11) is 1.63. The van der Waals surface area contributed by atoms with Crippen LogP contribution in [0.25, 0.3) is 0 Å². The van der Waals surface area contributed by atoms with Crippen LogP contribution in [0.1, 0.15) is 17.5 Å². The van der Waals surface area contributed by atoms with Gasteiger partial charge in [-0.05, 0) is 53.9 Å². The van der Waals surface area contributed by atoms with Gasteiger partial charge in [-0.3, -0.25) is 9.69 Å². The van der Waals surface area contributed by atoms with Gasteiger partial charge in [0, 0.05) is 32.7 Å². The van der Waals surface area contributed by atoms with Gasteiger partial charge in [0.05, 0.1) is 13.5 Å². The van der Waals surface area contributed by atoms with Crippen LogP contribution in [-0.2, 0) is 17.8 Å². The van der Waals surface area contributed by atoms with Crippen molar-refractivity contribution in [2.24, 2.45) is 0 Å². The van der Waals surface area contributed by atoms with Crippen LogP contribution in [0.5, 0.6) is 17.2 Å². The molecule has 3 aromatic carbocycles. The Morgan fingerprint density at radius 2 is 1.67 bits per heavy atom. The summed E-state index contributed by atoms with van der Waals surface area (Å²) >= 11 is 0. The number of hydrogen-bond donors (Lipinski definition) is 0. The second kappa shape index (κ2) is 11.0. The minimum Gasteiger partial charge on any atom is -0.493 e. The maximum Gasteiger partial charge on any atom is 0.227 e. The number of hydrogen-bond acceptors (Lipinski definition) is 4. The highest BCUT2D eigenvalue weighted by atomic mass is 19.1. The van der Waals surface area contributed by atoms with Crippen molar-refractivity contribution < 1.29 is 18.7 Å². The summed E-state index contributed by atoms with van der Waals surface area (Å²) in [5.41, 5.74) is 2.00. The monoisotopic (exact) mass is 448 g/mol. The second-order valence-corrected chi connectivity index (χ2v) is 8.21. The number of para-hydroxylation sites is 2. The van der Waals surface area contributed by atoms with E-state index in [0.717, 1.165) is 49.5 Å². The van der Waals surface area contributed by atoms with E-state index in [1.807, 2.05) is 41.3 Å². The normalized spacial score (nSPS) is 14.5. The maximum absolute atomic E-state index is 13.1. The molecule has 0 saturated carbocycles. The predicted molar refractivity (Wildman–Crippen MR) is 126 cm³/mol. The summed E-state index contributed by atoms with van der Waals surface area (Å²) < 4.78 is 24.5. The van der Waals surface area contributed by atoms with Crippen LogP contribution < -0.4 is 9.47 Å². The fourth-order valence-corrected chi connectivity index (χ4v) is 4.06. The van der Waals surface area contributed by atoms with Crippen molar-refractivity contribution in [1.29, 1.82) is 0 Å². The van der Waals surface area contributed by atoms with Gasteiger partial charge in [-0.2, -0.15) is 0 Å². The van der Waals surface area contributed by atoms with Crippen LogP contribution in [0.3, 0.4) is 0 Å². The van der Waals surface area contributed by atoms with Crippen LogP contribution in [-0.4, -0.2) is 49.0 Å². The Balaban J connectivity index is 1.33. The summed E-state index contributed by atoms with van der Waals surface area (Å²) in [5.74, 6) is 1.95. The van der Waals surface area contributed by atoms with Crippen LogP contribution >= 0.6 is 0 Å². The molecule has 6 heteroatoms. The average molecular weight is 449 g/mol. The van der Waals surface area contributed by atoms with E-state index >= 15 is 0 Å². The van der Waals surface area contributed by atoms with Gasteiger partial charge in [0.2, 0.25) is 5.91 Å². The first-order chi connectivity index (χ1) is 16.1. The molecule has 1 saturated heterocycles. The Hall–Kier alpha value is -3.38. The molecule has 1 heterocycles. The van der Waals surface area contributed by atoms with E-state index in [-0.39, 0.29) is 11.7 Å². The lowest BCUT2D eigenvalue weighted by atomic mass is 10.1. The number of rotatable bonds is 7. The predicted octanol–water partition coefficient (Wildman–Crippen LogP) is 4.90. The molecular formula is C27H29FN2O3. The molecule has 4 rings (SSSR count). The molecule has 0 aliphatic carbocycles. The standard InChI is InChI=1S/C27H29FN2O3/c1-32-25-8-2-3-9-26(25)33-24-7-4-6-22(18-24)20-29-14-5-15-30(17-16-29)27(31)19-21-10-12-23(28)13-11-21/h2-4,6-13,18H,5,14-17,19-20H2,1H3. The summed E-state index contributed by atoms with van der Waals surface area (Å²) in [6.45, 7) is 3.97. The van der Waals surface area contributed by atoms with Gasteiger partial charge < -0.3 is 14.4 Å². The van der Waals surface area contributed by atoms with E-state index in [0.29, 0.717) is 24.5 Å². The molecule has 0 spiro atoms. The van der Waals surface area contributed by atoms with Crippen molar-refractivity contribution in [2.45, 2.75) is 19.4 Å². The Labute approximate surface area is 194 Å². The fraction of sp³-hybridized carbons (Fsp3) is 0.296. The summed E-state index contributed by atoms with van der Waals surface area (Å²) in [5, 5.41) is 0. The van der Waals surface area contributed by atoms with Gasteiger partial charge in [0.15, 0.2) is 11.5 Å². The molecule has 3 aromatic rings. The van der Waals surface area contributed by atoms with E-state index in [4.69, 9.17) is 9.47 Å². The minimum absolute atomic E-state index is 0.0932. The van der Waals surface area contributed by atoms with Gasteiger partial charge in [0.25, 0.3) is 0 Å². The number of nitrogens with zero attached hydrogens (tertiary/aromatic N) is 2. The zero-order valence-corrected chi connectivity index (χ0v) is 18.9. The lowest BCUT2D eigenvalue weighted by Gasteiger charge is -2.22. The Bertz CT molecular complexity index is 1070. The van der Waals surface area contributed by atoms with Gasteiger partial charge in [-0.15, -0.1) is 0 Å². The third-order valence-corrected chi connectivity index (χ3v) is 5.81. The molecule has 1 aliphatic rings. The van der Waals surface area contributed by atoms with Crippen molar-refractivity contribution in [2.75, 3.05) is 33.3 Å². The third kappa shape index (κ3) is 6.33. The highest BCUT2D eigenvalue weighted by molar-refractivity contribution is 5.78. The highest BCUT2D eigenvalue weighted by Gasteiger charge is 2.19. The first kappa shape index (κ1) is 22.8. The lowest BCUT2D eigenvalue weighted by molar-refractivity contribution is -0.130. The second-order valence-electron chi connectivity index (χ2n) is 8.21. The number of methoxy groups -OCH3 is 1. The molecular weight excluding hydrogens is 419 g/mol. The molecule has 1 amide bonds. The van der Waals surface area contributed by atoms with E-state index < -0.39 is 0 Å². The summed E-state index contributed by atoms with van der Waals surface area (Å²) in [4.78, 5) is 17.0. The maximum atomic E-state index is 13.1. The van der Waals surface area contributed by atoms with Gasteiger partial charge in [-0.25, -0.2) is 4.39 Å². The third-order valence-electron chi connectivity index (χ3n) is 5.81. The van der Waals surface area contributed by atoms with Crippen LogP contribution in [0.2, 0.25) is 0 Å². The molecule has 1 aliphatic heterocycles. The van der Waals surface area contributed by atoms with Crippen LogP contribution in [0.15, 0.2) is 72.8 Å². The Morgan fingerprint density at radius 3 is 2.45 bits per heavy atom. The quantitative estimate of drug-likeness (QED) is 0.515. The number of ether oxygens (including phenoxy) is 2. The van der Waals surface area contributed by atoms with E-state index in [2.05, 4.69) is 17.0 Å². The molecule has 0 aromatic heterocycles. The van der Waals surface area contributed by atoms with Crippen molar-refractivity contribution in [1.82, 2.24) is 9.80 Å². The first-order valence-corrected chi connectivity index (χ1v) is 11.2. The SMILES string of the molecule is COc1ccccc1Oc1cccc(CN2CCCN(C(=O)Cc3ccc(F)cc3)CC2)c1. The minimum atomic E-state index is -0.283. The average Bonchev–Trinajstić information content (AvgIpc) is 3.07. The van der Waals surface area contributed by atoms with Gasteiger partial charge in [0.1, 0.15) is 11.6 Å². The molecule has 0 unspecified atom stereocenters. The molecule has 0 bridgehead atoms. The van der Waals surface area contributed by atoms with E-state index in [9.17, 15) is 9.18 Å². The zero-order valence-electron chi connectivity index (χ0n) is 18.9. The molecule has 1 fully saturated rings. The Morgan fingerprint density at radius 1 is 0.879 bits per heavy atom. The highest BCUT2D eigenvalue weighted by Crippen LogP contribution is 2.31. The molecule has 172 valence electrons. The number of carbonyl (C=O) groups excluding carboxylic acids is 1. The van der Waals surface area contributed by atoms with Crippen LogP contribution in [0.4, 0.5) is 4.39 Å². The molecule has 0 radical (unpaired) electrons. The van der Waals surface area contributed by atoms with Crippen molar-refractivity contribution in [3.8, 4) is 17.2 Å². The first-order valence-electron chi connectivity index (χ1n) is 11.2. The molecule has 33 heavy (non-hydrogen) atoms. The van der Waals surface area contributed by atoms with Gasteiger partial charge >= 0.3 is 0 Å². The van der Waals surface area contributed by atoms with Crippen LogP contribution in [0, 0.1) is 5.82 Å². The van der Waals surface area contributed by atoms with Gasteiger partial charge in [-0.1, -0.05) is 36.4 Å². The lowest BCUT2D eigenvalue weighted by Crippen LogP contribution is -2.36. The molecule has 5 nitrogen and oxygen atoms in total. The number of benzene rings is 3. The summed E-state index contributed by atoms with van der Waals surface area (Å²) in [6, 6.07) is 21.8. The van der Waals surface area contributed by atoms with Crippen molar-refractivity contribution in [3.63, 3.8) is 0 Å².